The predicted octanol–water partition coefficient (Wildman–Crippen LogP) is 3.36. The fourth-order valence-electron chi connectivity index (χ4n) is 2.39. The largest absolute Gasteiger partial charge is 0.489 e. The summed E-state index contributed by atoms with van der Waals surface area (Å²) in [6, 6.07) is 16.3. The van der Waals surface area contributed by atoms with Gasteiger partial charge in [0, 0.05) is 12.1 Å². The topological polar surface area (TPSA) is 64.9 Å². The van der Waals surface area contributed by atoms with Gasteiger partial charge in [-0.05, 0) is 29.0 Å². The molecule has 6 nitrogen and oxygen atoms in total. The number of benzene rings is 2. The maximum Gasteiger partial charge on any atom is 0.243 e. The van der Waals surface area contributed by atoms with Crippen molar-refractivity contribution in [1.29, 1.82) is 0 Å². The molecule has 6 heteroatoms. The molecule has 2 aromatic carbocycles. The molecule has 3 rings (SSSR count). The van der Waals surface area contributed by atoms with Gasteiger partial charge >= 0.3 is 0 Å². The Bertz CT molecular complexity index is 826. The van der Waals surface area contributed by atoms with Gasteiger partial charge in [0.2, 0.25) is 5.95 Å². The Morgan fingerprint density at radius 1 is 1.16 bits per heavy atom. The average molecular weight is 335 g/mol. The summed E-state index contributed by atoms with van der Waals surface area (Å²) >= 11 is 0. The van der Waals surface area contributed by atoms with Gasteiger partial charge < -0.3 is 10.1 Å². The minimum Gasteiger partial charge on any atom is -0.489 e. The van der Waals surface area contributed by atoms with Crippen molar-refractivity contribution in [2.75, 3.05) is 5.32 Å². The van der Waals surface area contributed by atoms with E-state index in [-0.39, 0.29) is 0 Å². The van der Waals surface area contributed by atoms with Gasteiger partial charge in [0.25, 0.3) is 0 Å². The number of aromatic nitrogens is 4. The molecule has 1 N–H and O–H groups in total. The number of para-hydroxylation sites is 1. The van der Waals surface area contributed by atoms with Crippen LogP contribution in [0.3, 0.4) is 0 Å². The molecule has 0 saturated carbocycles. The quantitative estimate of drug-likeness (QED) is 0.640. The molecule has 0 saturated heterocycles. The van der Waals surface area contributed by atoms with Gasteiger partial charge in [-0.3, -0.25) is 0 Å². The number of hydrogen-bond donors (Lipinski definition) is 1. The van der Waals surface area contributed by atoms with Gasteiger partial charge in [-0.15, -0.1) is 6.58 Å². The fourth-order valence-corrected chi connectivity index (χ4v) is 2.39. The van der Waals surface area contributed by atoms with Crippen LogP contribution in [-0.4, -0.2) is 20.2 Å². The molecular formula is C19H21N5O. The molecule has 0 fully saturated rings. The number of tetrazole rings is 1. The van der Waals surface area contributed by atoms with E-state index in [2.05, 4.69) is 58.6 Å². The number of anilines is 1. The first-order valence-electron chi connectivity index (χ1n) is 8.13. The van der Waals surface area contributed by atoms with Crippen LogP contribution < -0.4 is 10.1 Å². The first-order valence-corrected chi connectivity index (χ1v) is 8.13. The van der Waals surface area contributed by atoms with Crippen molar-refractivity contribution in [3.05, 3.63) is 77.9 Å². The summed E-state index contributed by atoms with van der Waals surface area (Å²) in [6.07, 6.45) is 1.75. The molecule has 0 aliphatic carbocycles. The zero-order chi connectivity index (χ0) is 17.5. The zero-order valence-electron chi connectivity index (χ0n) is 14.2. The minimum atomic E-state index is 0.533. The number of aryl methyl sites for hydroxylation is 1. The van der Waals surface area contributed by atoms with E-state index < -0.39 is 0 Å². The van der Waals surface area contributed by atoms with E-state index >= 15 is 0 Å². The minimum absolute atomic E-state index is 0.533. The Morgan fingerprint density at radius 2 is 1.96 bits per heavy atom. The molecule has 0 amide bonds. The number of nitrogens with zero attached hydrogens (tertiary/aromatic N) is 4. The molecule has 0 radical (unpaired) electrons. The van der Waals surface area contributed by atoms with Crippen LogP contribution in [0.15, 0.2) is 61.2 Å². The lowest BCUT2D eigenvalue weighted by Gasteiger charge is -2.12. The molecule has 25 heavy (non-hydrogen) atoms. The molecule has 1 aromatic heterocycles. The van der Waals surface area contributed by atoms with Crippen molar-refractivity contribution < 1.29 is 4.74 Å². The molecule has 128 valence electrons. The van der Waals surface area contributed by atoms with Crippen LogP contribution in [0.4, 0.5) is 5.95 Å². The van der Waals surface area contributed by atoms with E-state index in [0.717, 1.165) is 16.9 Å². The first kappa shape index (κ1) is 16.7. The second kappa shape index (κ2) is 8.10. The van der Waals surface area contributed by atoms with E-state index in [0.29, 0.717) is 25.6 Å². The van der Waals surface area contributed by atoms with Gasteiger partial charge in [-0.2, -0.15) is 0 Å². The van der Waals surface area contributed by atoms with Crippen LogP contribution in [0, 0.1) is 6.92 Å². The van der Waals surface area contributed by atoms with E-state index in [1.54, 1.807) is 10.8 Å². The number of hydrogen-bond acceptors (Lipinski definition) is 5. The summed E-state index contributed by atoms with van der Waals surface area (Å²) in [5.74, 6) is 1.45. The number of allylic oxidation sites excluding steroid dienone is 1. The Balaban J connectivity index is 1.65. The molecule has 0 bridgehead atoms. The van der Waals surface area contributed by atoms with Crippen molar-refractivity contribution in [2.24, 2.45) is 0 Å². The summed E-state index contributed by atoms with van der Waals surface area (Å²) < 4.78 is 7.65. The maximum atomic E-state index is 6.00. The van der Waals surface area contributed by atoms with Crippen LogP contribution in [0.5, 0.6) is 5.75 Å². The fraction of sp³-hybridized carbons (Fsp3) is 0.211. The first-order chi connectivity index (χ1) is 12.3. The van der Waals surface area contributed by atoms with Crippen LogP contribution in [0.1, 0.15) is 16.7 Å². The van der Waals surface area contributed by atoms with Crippen LogP contribution in [0.2, 0.25) is 0 Å². The summed E-state index contributed by atoms with van der Waals surface area (Å²) in [6.45, 7) is 7.44. The number of nitrogens with one attached hydrogen (secondary N) is 1. The van der Waals surface area contributed by atoms with E-state index in [1.165, 1.54) is 5.56 Å². The van der Waals surface area contributed by atoms with Gasteiger partial charge in [0.05, 0.1) is 6.54 Å². The predicted molar refractivity (Wildman–Crippen MR) is 97.3 cm³/mol. The summed E-state index contributed by atoms with van der Waals surface area (Å²) in [7, 11) is 0. The monoisotopic (exact) mass is 335 g/mol. The summed E-state index contributed by atoms with van der Waals surface area (Å²) in [5, 5.41) is 14.8. The van der Waals surface area contributed by atoms with Gasteiger partial charge in [-0.1, -0.05) is 59.2 Å². The molecule has 0 aliphatic rings. The van der Waals surface area contributed by atoms with Crippen LogP contribution in [-0.2, 0) is 19.7 Å². The molecule has 0 unspecified atom stereocenters. The van der Waals surface area contributed by atoms with Gasteiger partial charge in [0.1, 0.15) is 12.4 Å². The second-order valence-electron chi connectivity index (χ2n) is 5.71. The lowest BCUT2D eigenvalue weighted by molar-refractivity contribution is 0.303. The third-order valence-electron chi connectivity index (χ3n) is 3.76. The molecule has 3 aromatic rings. The Kier molecular flexibility index (Phi) is 5.41. The van der Waals surface area contributed by atoms with Gasteiger partial charge in [-0.25, -0.2) is 4.68 Å². The number of ether oxygens (including phenoxy) is 1. The zero-order valence-corrected chi connectivity index (χ0v) is 14.2. The lowest BCUT2D eigenvalue weighted by atomic mass is 10.1. The Hall–Kier alpha value is -3.15. The number of rotatable bonds is 8. The molecule has 1 heterocycles. The normalized spacial score (nSPS) is 10.4. The Morgan fingerprint density at radius 3 is 2.76 bits per heavy atom. The lowest BCUT2D eigenvalue weighted by Crippen LogP contribution is -2.09. The molecule has 0 atom stereocenters. The average Bonchev–Trinajstić information content (AvgIpc) is 3.08. The highest BCUT2D eigenvalue weighted by Crippen LogP contribution is 2.20. The smallest absolute Gasteiger partial charge is 0.243 e. The van der Waals surface area contributed by atoms with Crippen molar-refractivity contribution in [2.45, 2.75) is 26.6 Å². The van der Waals surface area contributed by atoms with Crippen LogP contribution >= 0.6 is 0 Å². The third kappa shape index (κ3) is 4.44. The van der Waals surface area contributed by atoms with Crippen LogP contribution in [0.25, 0.3) is 0 Å². The molecule has 0 aliphatic heterocycles. The van der Waals surface area contributed by atoms with E-state index in [4.69, 9.17) is 4.74 Å². The third-order valence-corrected chi connectivity index (χ3v) is 3.76. The second-order valence-corrected chi connectivity index (χ2v) is 5.71. The highest BCUT2D eigenvalue weighted by molar-refractivity contribution is 5.37. The van der Waals surface area contributed by atoms with Crippen molar-refractivity contribution in [1.82, 2.24) is 20.2 Å². The summed E-state index contributed by atoms with van der Waals surface area (Å²) in [4.78, 5) is 0. The highest BCUT2D eigenvalue weighted by atomic mass is 16.5. The standard InChI is InChI=1S/C19H21N5O/c1-3-12-24-19(21-22-23-24)20-13-17-6-4-5-7-18(17)25-14-16-10-8-15(2)9-11-16/h3-11H,1,12-14H2,2H3,(H,20,21,23). The van der Waals surface area contributed by atoms with Crippen molar-refractivity contribution >= 4 is 5.95 Å². The Labute approximate surface area is 147 Å². The molecular weight excluding hydrogens is 314 g/mol. The maximum absolute atomic E-state index is 6.00. The molecule has 0 spiro atoms. The van der Waals surface area contributed by atoms with Gasteiger partial charge in [0.15, 0.2) is 0 Å². The van der Waals surface area contributed by atoms with E-state index in [1.807, 2.05) is 24.3 Å². The highest BCUT2D eigenvalue weighted by Gasteiger charge is 2.07. The van der Waals surface area contributed by atoms with Crippen molar-refractivity contribution in [3.8, 4) is 5.75 Å². The van der Waals surface area contributed by atoms with E-state index in [9.17, 15) is 0 Å². The van der Waals surface area contributed by atoms with Crippen molar-refractivity contribution in [3.63, 3.8) is 0 Å². The SMILES string of the molecule is C=CCn1nnnc1NCc1ccccc1OCc1ccc(C)cc1. The summed E-state index contributed by atoms with van der Waals surface area (Å²) in [5.41, 5.74) is 3.43.